The molecule has 2 rings (SSSR count). The Labute approximate surface area is 157 Å². The minimum atomic E-state index is -1.07. The Morgan fingerprint density at radius 2 is 1.93 bits per heavy atom. The molecule has 0 bridgehead atoms. The lowest BCUT2D eigenvalue weighted by Crippen LogP contribution is -2.65. The molecule has 0 radical (unpaired) electrons. The molecule has 27 heavy (non-hydrogen) atoms. The maximum atomic E-state index is 12.6. The van der Waals surface area contributed by atoms with Crippen molar-refractivity contribution in [1.29, 1.82) is 5.41 Å². The quantitative estimate of drug-likeness (QED) is 0.309. The number of rotatable bonds is 8. The van der Waals surface area contributed by atoms with E-state index in [2.05, 4.69) is 10.6 Å². The average molecular weight is 375 g/mol. The van der Waals surface area contributed by atoms with Crippen molar-refractivity contribution in [1.82, 2.24) is 15.5 Å². The minimum absolute atomic E-state index is 0.0201. The molecule has 1 aromatic carbocycles. The number of nitrogens with two attached hydrogens (primary N) is 1. The van der Waals surface area contributed by atoms with Crippen molar-refractivity contribution in [3.8, 4) is 0 Å². The first-order valence-electron chi connectivity index (χ1n) is 8.61. The number of carboxylic acid groups (broad SMARTS) is 1. The van der Waals surface area contributed by atoms with Gasteiger partial charge in [0.15, 0.2) is 0 Å². The fraction of sp³-hybridized carbons (Fsp3) is 0.444. The topological polar surface area (TPSA) is 149 Å². The van der Waals surface area contributed by atoms with E-state index in [-0.39, 0.29) is 24.2 Å². The zero-order chi connectivity index (χ0) is 20.2. The molecule has 0 unspecified atom stereocenters. The van der Waals surface area contributed by atoms with Crippen molar-refractivity contribution in [3.63, 3.8) is 0 Å². The number of nitrogens with zero attached hydrogens (tertiary/aromatic N) is 1. The molecular weight excluding hydrogens is 350 g/mol. The number of carbonyl (C=O) groups is 3. The fourth-order valence-corrected chi connectivity index (χ4v) is 2.74. The number of likely N-dealkylation sites (tertiary alicyclic amines) is 1. The molecule has 9 heteroatoms. The molecule has 0 saturated carbocycles. The predicted octanol–water partition coefficient (Wildman–Crippen LogP) is -0.359. The van der Waals surface area contributed by atoms with E-state index in [1.54, 1.807) is 38.1 Å². The zero-order valence-corrected chi connectivity index (χ0v) is 15.4. The molecule has 2 amide bonds. The molecule has 1 atom stereocenters. The molecule has 0 spiro atoms. The van der Waals surface area contributed by atoms with E-state index < -0.39 is 17.6 Å². The van der Waals surface area contributed by atoms with Crippen LogP contribution in [0.1, 0.15) is 31.4 Å². The van der Waals surface area contributed by atoms with Crippen LogP contribution in [-0.4, -0.2) is 58.3 Å². The lowest BCUT2D eigenvalue weighted by atomic mass is 9.95. The highest BCUT2D eigenvalue weighted by Crippen LogP contribution is 2.22. The lowest BCUT2D eigenvalue weighted by molar-refractivity contribution is -0.152. The first kappa shape index (κ1) is 20.4. The third-order valence-corrected chi connectivity index (χ3v) is 4.53. The van der Waals surface area contributed by atoms with E-state index in [0.717, 1.165) is 5.56 Å². The molecule has 1 heterocycles. The number of amides is 2. The summed E-state index contributed by atoms with van der Waals surface area (Å²) in [6.07, 6.45) is 0.565. The normalized spacial score (nSPS) is 16.4. The maximum Gasteiger partial charge on any atom is 0.317 e. The van der Waals surface area contributed by atoms with Crippen LogP contribution in [0, 0.1) is 5.41 Å². The largest absolute Gasteiger partial charge is 0.480 e. The number of hydrogen-bond acceptors (Lipinski definition) is 5. The number of carbonyl (C=O) groups excluding carboxylic acids is 2. The van der Waals surface area contributed by atoms with Crippen LogP contribution in [0.15, 0.2) is 24.3 Å². The van der Waals surface area contributed by atoms with Gasteiger partial charge in [-0.25, -0.2) is 0 Å². The zero-order valence-electron chi connectivity index (χ0n) is 15.4. The van der Waals surface area contributed by atoms with Gasteiger partial charge in [-0.2, -0.15) is 0 Å². The van der Waals surface area contributed by atoms with Crippen LogP contribution < -0.4 is 16.4 Å². The number of nitrogen functional groups attached to an aromatic ring is 1. The molecule has 1 aliphatic rings. The summed E-state index contributed by atoms with van der Waals surface area (Å²) in [6, 6.07) is 6.42. The number of aliphatic carboxylic acids is 1. The highest BCUT2D eigenvalue weighted by atomic mass is 16.4. The number of benzene rings is 1. The molecular formula is C18H25N5O4. The van der Waals surface area contributed by atoms with Crippen LogP contribution in [0.3, 0.4) is 0 Å². The third-order valence-electron chi connectivity index (χ3n) is 4.53. The summed E-state index contributed by atoms with van der Waals surface area (Å²) in [7, 11) is 0. The van der Waals surface area contributed by atoms with Crippen molar-refractivity contribution >= 4 is 23.6 Å². The summed E-state index contributed by atoms with van der Waals surface area (Å²) in [5, 5.41) is 21.6. The molecule has 146 valence electrons. The van der Waals surface area contributed by atoms with Gasteiger partial charge < -0.3 is 21.1 Å². The summed E-state index contributed by atoms with van der Waals surface area (Å²) in [4.78, 5) is 37.2. The van der Waals surface area contributed by atoms with Gasteiger partial charge in [-0.3, -0.25) is 25.1 Å². The van der Waals surface area contributed by atoms with E-state index in [9.17, 15) is 14.4 Å². The Balaban J connectivity index is 1.90. The van der Waals surface area contributed by atoms with E-state index in [4.69, 9.17) is 16.2 Å². The Kier molecular flexibility index (Phi) is 6.17. The van der Waals surface area contributed by atoms with Crippen LogP contribution in [0.4, 0.5) is 0 Å². The van der Waals surface area contributed by atoms with Gasteiger partial charge in [0.2, 0.25) is 11.8 Å². The second-order valence-corrected chi connectivity index (χ2v) is 7.00. The number of carboxylic acids is 1. The molecule has 0 aliphatic carbocycles. The van der Waals surface area contributed by atoms with E-state index in [0.29, 0.717) is 25.1 Å². The van der Waals surface area contributed by atoms with Crippen LogP contribution >= 0.6 is 0 Å². The van der Waals surface area contributed by atoms with Gasteiger partial charge in [0, 0.05) is 18.7 Å². The number of amidine groups is 1. The van der Waals surface area contributed by atoms with Crippen molar-refractivity contribution in [2.24, 2.45) is 5.73 Å². The van der Waals surface area contributed by atoms with Crippen molar-refractivity contribution in [2.45, 2.75) is 38.4 Å². The van der Waals surface area contributed by atoms with Crippen molar-refractivity contribution in [3.05, 3.63) is 35.4 Å². The molecule has 1 fully saturated rings. The molecule has 1 aliphatic heterocycles. The second-order valence-electron chi connectivity index (χ2n) is 7.00. The van der Waals surface area contributed by atoms with E-state index in [1.165, 1.54) is 4.90 Å². The van der Waals surface area contributed by atoms with Crippen molar-refractivity contribution < 1.29 is 19.5 Å². The minimum Gasteiger partial charge on any atom is -0.480 e. The number of nitrogens with one attached hydrogen (secondary N) is 3. The fourth-order valence-electron chi connectivity index (χ4n) is 2.74. The van der Waals surface area contributed by atoms with Gasteiger partial charge in [-0.15, -0.1) is 0 Å². The Hall–Kier alpha value is -2.94. The monoisotopic (exact) mass is 375 g/mol. The van der Waals surface area contributed by atoms with Gasteiger partial charge in [-0.1, -0.05) is 24.3 Å². The summed E-state index contributed by atoms with van der Waals surface area (Å²) in [5.41, 5.74) is 5.80. The van der Waals surface area contributed by atoms with Crippen LogP contribution in [0.5, 0.6) is 0 Å². The van der Waals surface area contributed by atoms with E-state index in [1.807, 2.05) is 0 Å². The Bertz CT molecular complexity index is 745. The standard InChI is InChI=1S/C18H25N5O4/c1-18(2,22-10-14(24)25)17(27)23-8-7-13(23)16(26)21-9-11-3-5-12(6-4-11)15(19)20/h3-6,13,22H,7-10H2,1-2H3,(H3,19,20)(H,21,26)(H,24,25)/t13-/m0/s1. The Morgan fingerprint density at radius 3 is 2.41 bits per heavy atom. The van der Waals surface area contributed by atoms with Gasteiger partial charge >= 0.3 is 5.97 Å². The van der Waals surface area contributed by atoms with Crippen LogP contribution in [0.2, 0.25) is 0 Å². The van der Waals surface area contributed by atoms with Gasteiger partial charge in [-0.05, 0) is 25.8 Å². The van der Waals surface area contributed by atoms with Crippen LogP contribution in [0.25, 0.3) is 0 Å². The van der Waals surface area contributed by atoms with Crippen LogP contribution in [-0.2, 0) is 20.9 Å². The van der Waals surface area contributed by atoms with E-state index >= 15 is 0 Å². The molecule has 6 N–H and O–H groups in total. The highest BCUT2D eigenvalue weighted by molar-refractivity contribution is 5.95. The summed E-state index contributed by atoms with van der Waals surface area (Å²) >= 11 is 0. The third kappa shape index (κ3) is 5.04. The molecule has 1 aromatic rings. The van der Waals surface area contributed by atoms with Crippen molar-refractivity contribution in [2.75, 3.05) is 13.1 Å². The predicted molar refractivity (Wildman–Crippen MR) is 99.1 cm³/mol. The summed E-state index contributed by atoms with van der Waals surface area (Å²) in [6.45, 7) is 3.63. The lowest BCUT2D eigenvalue weighted by Gasteiger charge is -2.43. The molecule has 0 aromatic heterocycles. The second kappa shape index (κ2) is 8.17. The summed E-state index contributed by atoms with van der Waals surface area (Å²) in [5.74, 6) is -1.63. The first-order valence-corrected chi connectivity index (χ1v) is 8.61. The highest BCUT2D eigenvalue weighted by Gasteiger charge is 2.43. The maximum absolute atomic E-state index is 12.6. The van der Waals surface area contributed by atoms with Gasteiger partial charge in [0.05, 0.1) is 12.1 Å². The van der Waals surface area contributed by atoms with Gasteiger partial charge in [0.25, 0.3) is 0 Å². The molecule has 9 nitrogen and oxygen atoms in total. The smallest absolute Gasteiger partial charge is 0.317 e. The Morgan fingerprint density at radius 1 is 1.30 bits per heavy atom. The molecule has 1 saturated heterocycles. The van der Waals surface area contributed by atoms with Gasteiger partial charge in [0.1, 0.15) is 11.9 Å². The average Bonchev–Trinajstić information content (AvgIpc) is 2.57. The summed E-state index contributed by atoms with van der Waals surface area (Å²) < 4.78 is 0. The number of hydrogen-bond donors (Lipinski definition) is 5. The SMILES string of the molecule is CC(C)(NCC(=O)O)C(=O)N1CC[C@H]1C(=O)NCc1ccc(C(=N)N)cc1. The first-order chi connectivity index (χ1) is 12.6.